The molecular formula is C15H10Cl2N2OS. The molecular weight excluding hydrogens is 327 g/mol. The fourth-order valence-corrected chi connectivity index (χ4v) is 3.21. The van der Waals surface area contributed by atoms with E-state index >= 15 is 0 Å². The molecule has 0 unspecified atom stereocenters. The lowest BCUT2D eigenvalue weighted by atomic mass is 10.2. The number of aromatic nitrogens is 2. The van der Waals surface area contributed by atoms with Gasteiger partial charge in [0.15, 0.2) is 5.82 Å². The van der Waals surface area contributed by atoms with Crippen molar-refractivity contribution in [1.29, 1.82) is 0 Å². The first kappa shape index (κ1) is 14.3. The first-order valence-corrected chi connectivity index (χ1v) is 7.74. The number of nitrogens with zero attached hydrogens (tertiary/aromatic N) is 1. The smallest absolute Gasteiger partial charge is 0.259 e. The lowest BCUT2D eigenvalue weighted by Gasteiger charge is -2.02. The van der Waals surface area contributed by atoms with Gasteiger partial charge >= 0.3 is 0 Å². The van der Waals surface area contributed by atoms with E-state index in [1.165, 1.54) is 4.88 Å². The molecule has 0 bridgehead atoms. The Labute approximate surface area is 134 Å². The van der Waals surface area contributed by atoms with Gasteiger partial charge in [0.1, 0.15) is 0 Å². The van der Waals surface area contributed by atoms with Crippen LogP contribution in [0.4, 0.5) is 0 Å². The van der Waals surface area contributed by atoms with E-state index in [1.54, 1.807) is 35.6 Å². The summed E-state index contributed by atoms with van der Waals surface area (Å²) in [6, 6.07) is 8.93. The third-order valence-corrected chi connectivity index (χ3v) is 4.40. The van der Waals surface area contributed by atoms with Gasteiger partial charge in [-0.1, -0.05) is 23.2 Å². The molecule has 0 radical (unpaired) electrons. The number of aryl methyl sites for hydroxylation is 1. The van der Waals surface area contributed by atoms with E-state index in [0.29, 0.717) is 26.8 Å². The zero-order valence-electron chi connectivity index (χ0n) is 11.0. The average Bonchev–Trinajstić information content (AvgIpc) is 2.83. The summed E-state index contributed by atoms with van der Waals surface area (Å²) in [6.45, 7) is 2.02. The van der Waals surface area contributed by atoms with Gasteiger partial charge in [-0.3, -0.25) is 4.79 Å². The van der Waals surface area contributed by atoms with E-state index in [1.807, 2.05) is 19.1 Å². The third-order valence-electron chi connectivity index (χ3n) is 2.92. The number of nitrogens with one attached hydrogen (secondary N) is 1. The summed E-state index contributed by atoms with van der Waals surface area (Å²) >= 11 is 13.8. The van der Waals surface area contributed by atoms with Crippen LogP contribution in [0.1, 0.15) is 15.6 Å². The van der Waals surface area contributed by atoms with Crippen LogP contribution in [0.5, 0.6) is 0 Å². The standard InChI is InChI=1S/C15H10Cl2N2OS/c1-8-2-4-10(21-8)7-12(17)14-18-13-6-9(16)3-5-11(13)15(20)19-14/h2-7H,1H3,(H,18,19,20)/b12-7-. The van der Waals surface area contributed by atoms with Gasteiger partial charge in [0, 0.05) is 14.8 Å². The van der Waals surface area contributed by atoms with E-state index in [4.69, 9.17) is 23.2 Å². The lowest BCUT2D eigenvalue weighted by molar-refractivity contribution is 1.14. The van der Waals surface area contributed by atoms with E-state index in [-0.39, 0.29) is 5.56 Å². The van der Waals surface area contributed by atoms with Crippen LogP contribution in [0.15, 0.2) is 35.1 Å². The molecule has 0 saturated carbocycles. The van der Waals surface area contributed by atoms with Gasteiger partial charge < -0.3 is 4.98 Å². The Hall–Kier alpha value is -1.62. The maximum Gasteiger partial charge on any atom is 0.259 e. The molecule has 0 atom stereocenters. The van der Waals surface area contributed by atoms with Crippen molar-refractivity contribution in [3.8, 4) is 0 Å². The van der Waals surface area contributed by atoms with Crippen molar-refractivity contribution in [2.45, 2.75) is 6.92 Å². The second-order valence-electron chi connectivity index (χ2n) is 4.52. The van der Waals surface area contributed by atoms with Crippen LogP contribution in [0, 0.1) is 6.92 Å². The molecule has 0 saturated heterocycles. The van der Waals surface area contributed by atoms with Crippen molar-refractivity contribution >= 4 is 56.5 Å². The fraction of sp³-hybridized carbons (Fsp3) is 0.0667. The highest BCUT2D eigenvalue weighted by molar-refractivity contribution is 7.12. The zero-order valence-corrected chi connectivity index (χ0v) is 13.3. The number of fused-ring (bicyclic) bond motifs is 1. The van der Waals surface area contributed by atoms with Gasteiger partial charge in [0.05, 0.1) is 15.9 Å². The molecule has 1 aromatic carbocycles. The van der Waals surface area contributed by atoms with Gasteiger partial charge in [-0.2, -0.15) is 0 Å². The zero-order chi connectivity index (χ0) is 15.0. The molecule has 3 rings (SSSR count). The van der Waals surface area contributed by atoms with Gasteiger partial charge in [0.25, 0.3) is 5.56 Å². The van der Waals surface area contributed by atoms with Crippen molar-refractivity contribution in [3.05, 3.63) is 61.3 Å². The van der Waals surface area contributed by atoms with Crippen molar-refractivity contribution in [3.63, 3.8) is 0 Å². The summed E-state index contributed by atoms with van der Waals surface area (Å²) in [5, 5.41) is 1.40. The molecule has 0 aliphatic carbocycles. The maximum atomic E-state index is 12.0. The van der Waals surface area contributed by atoms with E-state index in [2.05, 4.69) is 9.97 Å². The summed E-state index contributed by atoms with van der Waals surface area (Å²) in [5.74, 6) is 0.336. The maximum absolute atomic E-state index is 12.0. The second kappa shape index (κ2) is 5.64. The number of hydrogen-bond acceptors (Lipinski definition) is 3. The van der Waals surface area contributed by atoms with Crippen LogP contribution < -0.4 is 5.56 Å². The molecule has 2 heterocycles. The summed E-state index contributed by atoms with van der Waals surface area (Å²) in [6.07, 6.45) is 1.79. The van der Waals surface area contributed by atoms with Crippen molar-refractivity contribution in [2.24, 2.45) is 0 Å². The summed E-state index contributed by atoms with van der Waals surface area (Å²) < 4.78 is 0. The van der Waals surface area contributed by atoms with Crippen LogP contribution in [0.25, 0.3) is 22.0 Å². The van der Waals surface area contributed by atoms with E-state index in [9.17, 15) is 4.79 Å². The molecule has 21 heavy (non-hydrogen) atoms. The number of benzene rings is 1. The van der Waals surface area contributed by atoms with Crippen LogP contribution in [0.2, 0.25) is 5.02 Å². The average molecular weight is 337 g/mol. The highest BCUT2D eigenvalue weighted by Gasteiger charge is 2.08. The molecule has 1 N–H and O–H groups in total. The monoisotopic (exact) mass is 336 g/mol. The Bertz CT molecular complexity index is 911. The number of thiophene rings is 1. The minimum Gasteiger partial charge on any atom is -0.305 e. The Morgan fingerprint density at radius 2 is 2.14 bits per heavy atom. The van der Waals surface area contributed by atoms with Gasteiger partial charge in [0.2, 0.25) is 0 Å². The van der Waals surface area contributed by atoms with Crippen molar-refractivity contribution < 1.29 is 0 Å². The number of rotatable bonds is 2. The predicted molar refractivity (Wildman–Crippen MR) is 90.2 cm³/mol. The van der Waals surface area contributed by atoms with Gasteiger partial charge in [-0.25, -0.2) is 4.98 Å². The third kappa shape index (κ3) is 3.02. The summed E-state index contributed by atoms with van der Waals surface area (Å²) in [7, 11) is 0. The Balaban J connectivity index is 2.12. The molecule has 0 spiro atoms. The number of aromatic amines is 1. The molecule has 0 amide bonds. The summed E-state index contributed by atoms with van der Waals surface area (Å²) in [5.41, 5.74) is 0.288. The highest BCUT2D eigenvalue weighted by Crippen LogP contribution is 2.24. The second-order valence-corrected chi connectivity index (χ2v) is 6.68. The Morgan fingerprint density at radius 3 is 2.86 bits per heavy atom. The Kier molecular flexibility index (Phi) is 3.85. The SMILES string of the molecule is Cc1ccc(/C=C(\Cl)c2nc3cc(Cl)ccc3c(=O)[nH]2)s1. The number of H-pyrrole nitrogens is 1. The molecule has 106 valence electrons. The molecule has 0 aliphatic rings. The summed E-state index contributed by atoms with van der Waals surface area (Å²) in [4.78, 5) is 21.3. The van der Waals surface area contributed by atoms with Crippen LogP contribution >= 0.6 is 34.5 Å². The normalized spacial score (nSPS) is 12.0. The van der Waals surface area contributed by atoms with Crippen LogP contribution in [-0.4, -0.2) is 9.97 Å². The highest BCUT2D eigenvalue weighted by atomic mass is 35.5. The number of halogens is 2. The largest absolute Gasteiger partial charge is 0.305 e. The van der Waals surface area contributed by atoms with Crippen molar-refractivity contribution in [1.82, 2.24) is 9.97 Å². The predicted octanol–water partition coefficient (Wildman–Crippen LogP) is 4.68. The molecule has 0 fully saturated rings. The number of hydrogen-bond donors (Lipinski definition) is 1. The van der Waals surface area contributed by atoms with Gasteiger partial charge in [-0.15, -0.1) is 11.3 Å². The first-order valence-electron chi connectivity index (χ1n) is 6.16. The molecule has 6 heteroatoms. The fourth-order valence-electron chi connectivity index (χ4n) is 1.95. The molecule has 2 aromatic heterocycles. The Morgan fingerprint density at radius 1 is 1.33 bits per heavy atom. The molecule has 0 aliphatic heterocycles. The molecule has 3 aromatic rings. The van der Waals surface area contributed by atoms with Crippen LogP contribution in [-0.2, 0) is 0 Å². The minimum atomic E-state index is -0.236. The molecule has 3 nitrogen and oxygen atoms in total. The van der Waals surface area contributed by atoms with E-state index in [0.717, 1.165) is 4.88 Å². The lowest BCUT2D eigenvalue weighted by Crippen LogP contribution is -2.10. The van der Waals surface area contributed by atoms with Crippen LogP contribution in [0.3, 0.4) is 0 Å². The van der Waals surface area contributed by atoms with E-state index < -0.39 is 0 Å². The van der Waals surface area contributed by atoms with Crippen molar-refractivity contribution in [2.75, 3.05) is 0 Å². The van der Waals surface area contributed by atoms with Gasteiger partial charge in [-0.05, 0) is 43.3 Å². The minimum absolute atomic E-state index is 0.236. The first-order chi connectivity index (χ1) is 10.0. The topological polar surface area (TPSA) is 45.8 Å². The quantitative estimate of drug-likeness (QED) is 0.738.